The molecule has 0 bridgehead atoms. The molecule has 1 unspecified atom stereocenters. The highest BCUT2D eigenvalue weighted by Crippen LogP contribution is 2.14. The van der Waals surface area contributed by atoms with Crippen LogP contribution < -0.4 is 5.32 Å². The van der Waals surface area contributed by atoms with Crippen molar-refractivity contribution in [3.05, 3.63) is 34.9 Å². The molecule has 4 nitrogen and oxygen atoms in total. The summed E-state index contributed by atoms with van der Waals surface area (Å²) in [5, 5.41) is 3.37. The van der Waals surface area contributed by atoms with Crippen LogP contribution in [0, 0.1) is 0 Å². The number of nitrogens with one attached hydrogen (secondary N) is 1. The van der Waals surface area contributed by atoms with E-state index < -0.39 is 0 Å². The quantitative estimate of drug-likeness (QED) is 0.788. The fourth-order valence-electron chi connectivity index (χ4n) is 2.12. The predicted molar refractivity (Wildman–Crippen MR) is 85.8 cm³/mol. The number of carbonyl (C=O) groups excluding carboxylic acids is 2. The molecule has 0 saturated carbocycles. The van der Waals surface area contributed by atoms with Crippen LogP contribution in [-0.4, -0.2) is 41.8 Å². The molecule has 116 valence electrons. The molecule has 0 saturated heterocycles. The van der Waals surface area contributed by atoms with Gasteiger partial charge in [-0.15, -0.1) is 0 Å². The Morgan fingerprint density at radius 3 is 2.48 bits per heavy atom. The molecule has 0 radical (unpaired) electrons. The van der Waals surface area contributed by atoms with E-state index in [-0.39, 0.29) is 30.3 Å². The Labute approximate surface area is 131 Å². The van der Waals surface area contributed by atoms with Gasteiger partial charge in [0.25, 0.3) is 0 Å². The van der Waals surface area contributed by atoms with Crippen LogP contribution >= 0.6 is 11.6 Å². The lowest BCUT2D eigenvalue weighted by Crippen LogP contribution is -2.46. The molecule has 1 N–H and O–H groups in total. The van der Waals surface area contributed by atoms with Gasteiger partial charge in [-0.1, -0.05) is 30.7 Å². The number of nitrogens with zero attached hydrogens (tertiary/aromatic N) is 1. The monoisotopic (exact) mass is 310 g/mol. The minimum atomic E-state index is -0.369. The van der Waals surface area contributed by atoms with Gasteiger partial charge in [0.2, 0.25) is 5.91 Å². The molecule has 0 fully saturated rings. The van der Waals surface area contributed by atoms with Crippen LogP contribution in [0.2, 0.25) is 5.02 Å². The molecule has 1 amide bonds. The van der Waals surface area contributed by atoms with Crippen molar-refractivity contribution in [3.63, 3.8) is 0 Å². The molecular weight excluding hydrogens is 288 g/mol. The van der Waals surface area contributed by atoms with Crippen molar-refractivity contribution in [2.75, 3.05) is 13.1 Å². The minimum absolute atomic E-state index is 0.0308. The van der Waals surface area contributed by atoms with Gasteiger partial charge in [0.1, 0.15) is 0 Å². The third kappa shape index (κ3) is 5.48. The maximum absolute atomic E-state index is 12.5. The van der Waals surface area contributed by atoms with E-state index in [0.29, 0.717) is 17.1 Å². The Morgan fingerprint density at radius 2 is 1.95 bits per heavy atom. The fourth-order valence-corrected chi connectivity index (χ4v) is 2.31. The summed E-state index contributed by atoms with van der Waals surface area (Å²) in [6, 6.07) is 6.61. The molecule has 0 spiro atoms. The normalized spacial score (nSPS) is 12.5. The van der Waals surface area contributed by atoms with E-state index in [1.807, 2.05) is 32.6 Å². The summed E-state index contributed by atoms with van der Waals surface area (Å²) in [5.41, 5.74) is 0.567. The Hall–Kier alpha value is -1.39. The van der Waals surface area contributed by atoms with Crippen molar-refractivity contribution < 1.29 is 9.59 Å². The first-order chi connectivity index (χ1) is 9.85. The van der Waals surface area contributed by atoms with Gasteiger partial charge < -0.3 is 5.32 Å². The molecule has 5 heteroatoms. The van der Waals surface area contributed by atoms with E-state index in [1.54, 1.807) is 24.3 Å². The minimum Gasteiger partial charge on any atom is -0.353 e. The van der Waals surface area contributed by atoms with Crippen LogP contribution in [0.3, 0.4) is 0 Å². The van der Waals surface area contributed by atoms with Gasteiger partial charge in [-0.05, 0) is 39.4 Å². The lowest BCUT2D eigenvalue weighted by atomic mass is 10.0. The first-order valence-corrected chi connectivity index (χ1v) is 7.56. The average molecular weight is 311 g/mol. The number of hydrogen-bond acceptors (Lipinski definition) is 3. The third-order valence-electron chi connectivity index (χ3n) is 3.24. The number of ketones is 1. The number of carbonyl (C=O) groups is 2. The van der Waals surface area contributed by atoms with Crippen LogP contribution in [0.5, 0.6) is 0 Å². The lowest BCUT2D eigenvalue weighted by Gasteiger charge is -2.26. The Bertz CT molecular complexity index is 503. The van der Waals surface area contributed by atoms with Crippen LogP contribution in [0.25, 0.3) is 0 Å². The van der Waals surface area contributed by atoms with Crippen LogP contribution in [0.15, 0.2) is 24.3 Å². The number of benzene rings is 1. The fraction of sp³-hybridized carbons (Fsp3) is 0.500. The van der Waals surface area contributed by atoms with Crippen molar-refractivity contribution in [1.82, 2.24) is 10.2 Å². The SMILES string of the molecule is CCN(CC(=O)NC(C)C)C(C)C(=O)c1cccc(Cl)c1. The van der Waals surface area contributed by atoms with Crippen molar-refractivity contribution >= 4 is 23.3 Å². The van der Waals surface area contributed by atoms with Gasteiger partial charge in [-0.3, -0.25) is 14.5 Å². The van der Waals surface area contributed by atoms with E-state index in [2.05, 4.69) is 5.32 Å². The van der Waals surface area contributed by atoms with Gasteiger partial charge in [0.15, 0.2) is 5.78 Å². The van der Waals surface area contributed by atoms with E-state index >= 15 is 0 Å². The van der Waals surface area contributed by atoms with Crippen molar-refractivity contribution in [1.29, 1.82) is 0 Å². The summed E-state index contributed by atoms with van der Waals surface area (Å²) in [5.74, 6) is -0.103. The number of amides is 1. The van der Waals surface area contributed by atoms with Crippen molar-refractivity contribution in [2.45, 2.75) is 39.8 Å². The molecule has 0 aromatic heterocycles. The second-order valence-electron chi connectivity index (χ2n) is 5.34. The largest absolute Gasteiger partial charge is 0.353 e. The highest BCUT2D eigenvalue weighted by atomic mass is 35.5. The maximum atomic E-state index is 12.5. The summed E-state index contributed by atoms with van der Waals surface area (Å²) in [6.07, 6.45) is 0. The van der Waals surface area contributed by atoms with Crippen molar-refractivity contribution in [2.24, 2.45) is 0 Å². The van der Waals surface area contributed by atoms with Gasteiger partial charge >= 0.3 is 0 Å². The highest BCUT2D eigenvalue weighted by molar-refractivity contribution is 6.31. The average Bonchev–Trinajstić information content (AvgIpc) is 2.42. The summed E-state index contributed by atoms with van der Waals surface area (Å²) < 4.78 is 0. The van der Waals surface area contributed by atoms with Gasteiger partial charge in [-0.2, -0.15) is 0 Å². The van der Waals surface area contributed by atoms with Gasteiger partial charge in [-0.25, -0.2) is 0 Å². The summed E-state index contributed by atoms with van der Waals surface area (Å²) in [4.78, 5) is 26.2. The van der Waals surface area contributed by atoms with Crippen LogP contribution in [0.4, 0.5) is 0 Å². The number of halogens is 1. The standard InChI is InChI=1S/C16H23ClN2O2/c1-5-19(10-15(20)18-11(2)3)12(4)16(21)13-7-6-8-14(17)9-13/h6-9,11-12H,5,10H2,1-4H3,(H,18,20). The Kier molecular flexibility index (Phi) is 6.85. The molecule has 1 aromatic carbocycles. The summed E-state index contributed by atoms with van der Waals surface area (Å²) >= 11 is 5.92. The van der Waals surface area contributed by atoms with Crippen LogP contribution in [0.1, 0.15) is 38.1 Å². The zero-order valence-electron chi connectivity index (χ0n) is 13.0. The summed E-state index contributed by atoms with van der Waals surface area (Å²) in [6.45, 7) is 8.41. The number of Topliss-reactive ketones (excluding diaryl/α,β-unsaturated/α-hetero) is 1. The first kappa shape index (κ1) is 17.7. The molecule has 21 heavy (non-hydrogen) atoms. The maximum Gasteiger partial charge on any atom is 0.234 e. The van der Waals surface area contributed by atoms with E-state index in [1.165, 1.54) is 0 Å². The van der Waals surface area contributed by atoms with E-state index in [0.717, 1.165) is 0 Å². The second-order valence-corrected chi connectivity index (χ2v) is 5.77. The zero-order valence-corrected chi connectivity index (χ0v) is 13.8. The van der Waals surface area contributed by atoms with Crippen LogP contribution in [-0.2, 0) is 4.79 Å². The molecular formula is C16H23ClN2O2. The predicted octanol–water partition coefficient (Wildman–Crippen LogP) is 2.76. The third-order valence-corrected chi connectivity index (χ3v) is 3.47. The highest BCUT2D eigenvalue weighted by Gasteiger charge is 2.23. The summed E-state index contributed by atoms with van der Waals surface area (Å²) in [7, 11) is 0. The molecule has 1 aromatic rings. The van der Waals surface area contributed by atoms with Gasteiger partial charge in [0.05, 0.1) is 12.6 Å². The molecule has 0 aliphatic carbocycles. The van der Waals surface area contributed by atoms with Gasteiger partial charge in [0, 0.05) is 16.6 Å². The van der Waals surface area contributed by atoms with Crippen molar-refractivity contribution in [3.8, 4) is 0 Å². The zero-order chi connectivity index (χ0) is 16.0. The first-order valence-electron chi connectivity index (χ1n) is 7.18. The smallest absolute Gasteiger partial charge is 0.234 e. The number of hydrogen-bond donors (Lipinski definition) is 1. The topological polar surface area (TPSA) is 49.4 Å². The Morgan fingerprint density at radius 1 is 1.29 bits per heavy atom. The number of likely N-dealkylation sites (N-methyl/N-ethyl adjacent to an activating group) is 1. The van der Waals surface area contributed by atoms with E-state index in [4.69, 9.17) is 11.6 Å². The molecule has 1 atom stereocenters. The lowest BCUT2D eigenvalue weighted by molar-refractivity contribution is -0.122. The molecule has 1 rings (SSSR count). The second kappa shape index (κ2) is 8.15. The Balaban J connectivity index is 2.76. The molecule has 0 aliphatic rings. The molecule has 0 heterocycles. The molecule has 0 aliphatic heterocycles. The number of rotatable bonds is 7. The van der Waals surface area contributed by atoms with E-state index in [9.17, 15) is 9.59 Å².